The van der Waals surface area contributed by atoms with E-state index in [0.29, 0.717) is 36.9 Å². The molecule has 0 spiro atoms. The maximum Gasteiger partial charge on any atom is 0.335 e. The van der Waals surface area contributed by atoms with Gasteiger partial charge in [-0.25, -0.2) is 4.79 Å². The molecule has 0 N–H and O–H groups in total. The number of hydrogen-bond donors (Lipinski definition) is 0. The Morgan fingerprint density at radius 1 is 1.39 bits per heavy atom. The average Bonchev–Trinajstić information content (AvgIpc) is 3.14. The first-order chi connectivity index (χ1) is 8.70. The van der Waals surface area contributed by atoms with Crippen molar-refractivity contribution in [2.45, 2.75) is 31.5 Å². The molecule has 2 rings (SSSR count). The highest BCUT2D eigenvalue weighted by molar-refractivity contribution is 5.87. The molecule has 0 aromatic carbocycles. The summed E-state index contributed by atoms with van der Waals surface area (Å²) in [4.78, 5) is 11.6. The van der Waals surface area contributed by atoms with Crippen molar-refractivity contribution < 1.29 is 19.0 Å². The van der Waals surface area contributed by atoms with Crippen LogP contribution in [0.25, 0.3) is 0 Å². The van der Waals surface area contributed by atoms with Crippen LogP contribution in [0.15, 0.2) is 24.8 Å². The fraction of sp³-hybridized carbons (Fsp3) is 0.643. The van der Waals surface area contributed by atoms with Crippen molar-refractivity contribution in [1.29, 1.82) is 0 Å². The normalized spacial score (nSPS) is 29.2. The van der Waals surface area contributed by atoms with E-state index in [0.717, 1.165) is 19.3 Å². The van der Waals surface area contributed by atoms with Crippen LogP contribution in [-0.2, 0) is 19.0 Å². The highest BCUT2D eigenvalue weighted by Gasteiger charge is 2.43. The predicted octanol–water partition coefficient (Wildman–Crippen LogP) is 1.86. The molecule has 18 heavy (non-hydrogen) atoms. The molecule has 4 heteroatoms. The first kappa shape index (κ1) is 13.3. The van der Waals surface area contributed by atoms with Gasteiger partial charge in [0.25, 0.3) is 0 Å². The summed E-state index contributed by atoms with van der Waals surface area (Å²) >= 11 is 0. The minimum atomic E-state index is -0.363. The second-order valence-corrected chi connectivity index (χ2v) is 4.90. The van der Waals surface area contributed by atoms with Crippen LogP contribution in [0.1, 0.15) is 19.3 Å². The van der Waals surface area contributed by atoms with Gasteiger partial charge >= 0.3 is 5.97 Å². The van der Waals surface area contributed by atoms with Gasteiger partial charge in [-0.3, -0.25) is 0 Å². The van der Waals surface area contributed by atoms with E-state index in [4.69, 9.17) is 14.2 Å². The van der Waals surface area contributed by atoms with Gasteiger partial charge in [-0.15, -0.1) is 6.58 Å². The summed E-state index contributed by atoms with van der Waals surface area (Å²) in [6.07, 6.45) is 5.72. The van der Waals surface area contributed by atoms with E-state index >= 15 is 0 Å². The Bertz CT molecular complexity index is 337. The molecule has 1 aliphatic carbocycles. The number of rotatable bonds is 7. The number of hydrogen-bond acceptors (Lipinski definition) is 4. The fourth-order valence-electron chi connectivity index (χ4n) is 2.26. The zero-order valence-electron chi connectivity index (χ0n) is 10.6. The number of esters is 1. The lowest BCUT2D eigenvalue weighted by Gasteiger charge is -2.18. The van der Waals surface area contributed by atoms with Crippen LogP contribution in [0.4, 0.5) is 0 Å². The Morgan fingerprint density at radius 3 is 2.94 bits per heavy atom. The number of carbonyl (C=O) groups is 1. The molecule has 1 saturated carbocycles. The van der Waals surface area contributed by atoms with E-state index in [1.165, 1.54) is 0 Å². The van der Waals surface area contributed by atoms with Gasteiger partial charge in [0.2, 0.25) is 0 Å². The van der Waals surface area contributed by atoms with Crippen molar-refractivity contribution in [2.24, 2.45) is 5.92 Å². The third kappa shape index (κ3) is 3.68. The molecule has 1 saturated heterocycles. The molecular formula is C14H20O4. The molecule has 0 aromatic heterocycles. The van der Waals surface area contributed by atoms with E-state index in [9.17, 15) is 4.79 Å². The maximum absolute atomic E-state index is 11.6. The summed E-state index contributed by atoms with van der Waals surface area (Å²) in [6, 6.07) is 0. The molecule has 0 radical (unpaired) electrons. The van der Waals surface area contributed by atoms with Gasteiger partial charge in [-0.1, -0.05) is 12.7 Å². The molecule has 3 atom stereocenters. The molecule has 2 aliphatic rings. The van der Waals surface area contributed by atoms with Gasteiger partial charge in [-0.05, 0) is 25.2 Å². The minimum Gasteiger partial charge on any atom is -0.462 e. The summed E-state index contributed by atoms with van der Waals surface area (Å²) in [6.45, 7) is 8.26. The van der Waals surface area contributed by atoms with Crippen LogP contribution >= 0.6 is 0 Å². The molecule has 1 heterocycles. The Morgan fingerprint density at radius 2 is 2.22 bits per heavy atom. The van der Waals surface area contributed by atoms with Crippen molar-refractivity contribution >= 4 is 5.97 Å². The number of epoxide rings is 1. The van der Waals surface area contributed by atoms with Crippen LogP contribution < -0.4 is 0 Å². The van der Waals surface area contributed by atoms with Crippen LogP contribution in [0.2, 0.25) is 0 Å². The number of fused-ring (bicyclic) bond motifs is 1. The third-order valence-electron chi connectivity index (χ3n) is 3.36. The number of ether oxygens (including phenoxy) is 3. The summed E-state index contributed by atoms with van der Waals surface area (Å²) in [5.41, 5.74) is 0.355. The Hall–Kier alpha value is -1.13. The highest BCUT2D eigenvalue weighted by Crippen LogP contribution is 2.39. The fourth-order valence-corrected chi connectivity index (χ4v) is 2.26. The van der Waals surface area contributed by atoms with E-state index in [1.807, 2.05) is 0 Å². The third-order valence-corrected chi connectivity index (χ3v) is 3.36. The van der Waals surface area contributed by atoms with Crippen molar-refractivity contribution in [3.05, 3.63) is 24.8 Å². The Kier molecular flexibility index (Phi) is 4.55. The first-order valence-electron chi connectivity index (χ1n) is 6.39. The molecule has 4 nitrogen and oxygen atoms in total. The van der Waals surface area contributed by atoms with E-state index in [-0.39, 0.29) is 12.6 Å². The average molecular weight is 252 g/mol. The molecule has 2 fully saturated rings. The highest BCUT2D eigenvalue weighted by atomic mass is 16.6. The lowest BCUT2D eigenvalue weighted by molar-refractivity contribution is -0.141. The topological polar surface area (TPSA) is 48.1 Å². The molecule has 1 aliphatic heterocycles. The lowest BCUT2D eigenvalue weighted by atomic mass is 9.90. The molecule has 0 bridgehead atoms. The van der Waals surface area contributed by atoms with Gasteiger partial charge in [0.05, 0.1) is 37.6 Å². The monoisotopic (exact) mass is 252 g/mol. The van der Waals surface area contributed by atoms with E-state index in [1.54, 1.807) is 6.08 Å². The molecule has 0 aromatic rings. The van der Waals surface area contributed by atoms with Crippen LogP contribution in [0, 0.1) is 5.92 Å². The SMILES string of the molecule is C=CCOCC(=C)C(=O)OCC1CCC2OC2C1. The summed E-state index contributed by atoms with van der Waals surface area (Å²) in [5.74, 6) is 0.0671. The summed E-state index contributed by atoms with van der Waals surface area (Å²) in [7, 11) is 0. The van der Waals surface area contributed by atoms with Crippen LogP contribution in [0.3, 0.4) is 0 Å². The zero-order chi connectivity index (χ0) is 13.0. The maximum atomic E-state index is 11.6. The van der Waals surface area contributed by atoms with Crippen molar-refractivity contribution in [3.63, 3.8) is 0 Å². The van der Waals surface area contributed by atoms with Gasteiger partial charge < -0.3 is 14.2 Å². The Balaban J connectivity index is 1.61. The predicted molar refractivity (Wildman–Crippen MR) is 67.1 cm³/mol. The molecule has 3 unspecified atom stereocenters. The van der Waals surface area contributed by atoms with E-state index in [2.05, 4.69) is 13.2 Å². The standard InChI is InChI=1S/C14H20O4/c1-3-6-16-8-10(2)14(15)17-9-11-4-5-12-13(7-11)18-12/h3,11-13H,1-2,4-9H2. The molecular weight excluding hydrogens is 232 g/mol. The van der Waals surface area contributed by atoms with Crippen molar-refractivity contribution in [2.75, 3.05) is 19.8 Å². The minimum absolute atomic E-state index is 0.198. The smallest absolute Gasteiger partial charge is 0.335 e. The first-order valence-corrected chi connectivity index (χ1v) is 6.39. The lowest BCUT2D eigenvalue weighted by Crippen LogP contribution is -2.21. The quantitative estimate of drug-likeness (QED) is 0.228. The van der Waals surface area contributed by atoms with Crippen molar-refractivity contribution in [3.8, 4) is 0 Å². The summed E-state index contributed by atoms with van der Waals surface area (Å²) < 4.78 is 15.8. The van der Waals surface area contributed by atoms with Gasteiger partial charge in [0.15, 0.2) is 0 Å². The molecule has 100 valence electrons. The second-order valence-electron chi connectivity index (χ2n) is 4.90. The molecule has 0 amide bonds. The second kappa shape index (κ2) is 6.16. The van der Waals surface area contributed by atoms with Gasteiger partial charge in [0.1, 0.15) is 0 Å². The van der Waals surface area contributed by atoms with Gasteiger partial charge in [0, 0.05) is 0 Å². The van der Waals surface area contributed by atoms with Crippen molar-refractivity contribution in [1.82, 2.24) is 0 Å². The van der Waals surface area contributed by atoms with Crippen LogP contribution in [0.5, 0.6) is 0 Å². The Labute approximate surface area is 108 Å². The van der Waals surface area contributed by atoms with Crippen LogP contribution in [-0.4, -0.2) is 38.0 Å². The summed E-state index contributed by atoms with van der Waals surface area (Å²) in [5, 5.41) is 0. The van der Waals surface area contributed by atoms with Gasteiger partial charge in [-0.2, -0.15) is 0 Å². The van der Waals surface area contributed by atoms with E-state index < -0.39 is 0 Å². The zero-order valence-corrected chi connectivity index (χ0v) is 10.6. The largest absolute Gasteiger partial charge is 0.462 e. The number of carbonyl (C=O) groups excluding carboxylic acids is 1.